The summed E-state index contributed by atoms with van der Waals surface area (Å²) in [5.41, 5.74) is 0. The van der Waals surface area contributed by atoms with E-state index in [0.717, 1.165) is 0 Å². The molecule has 0 aliphatic heterocycles. The van der Waals surface area contributed by atoms with Crippen molar-refractivity contribution in [3.8, 4) is 0 Å². The Bertz CT molecular complexity index is 350. The van der Waals surface area contributed by atoms with Gasteiger partial charge >= 0.3 is 0 Å². The lowest BCUT2D eigenvalue weighted by atomic mass is 10.4. The molecular formula is C6H11BrN4O2S. The number of rotatable bonds is 6. The smallest absolute Gasteiger partial charge is 0.221 e. The predicted molar refractivity (Wildman–Crippen MR) is 55.4 cm³/mol. The summed E-state index contributed by atoms with van der Waals surface area (Å²) in [5.74, 6) is 0. The van der Waals surface area contributed by atoms with E-state index in [9.17, 15) is 8.42 Å². The Kier molecular flexibility index (Phi) is 4.49. The molecule has 0 saturated heterocycles. The van der Waals surface area contributed by atoms with Crippen molar-refractivity contribution in [1.82, 2.24) is 19.7 Å². The van der Waals surface area contributed by atoms with Crippen molar-refractivity contribution in [2.75, 3.05) is 11.2 Å². The van der Waals surface area contributed by atoms with Crippen LogP contribution in [0.5, 0.6) is 0 Å². The molecule has 0 spiro atoms. The predicted octanol–water partition coefficient (Wildman–Crippen LogP) is -0.0600. The molecule has 1 rings (SSSR count). The van der Waals surface area contributed by atoms with Crippen LogP contribution in [0.15, 0.2) is 12.4 Å². The van der Waals surface area contributed by atoms with E-state index < -0.39 is 10.0 Å². The highest BCUT2D eigenvalue weighted by atomic mass is 79.9. The van der Waals surface area contributed by atoms with Gasteiger partial charge in [-0.2, -0.15) is 0 Å². The van der Waals surface area contributed by atoms with Crippen molar-refractivity contribution < 1.29 is 8.42 Å². The molecule has 1 aromatic rings. The van der Waals surface area contributed by atoms with Gasteiger partial charge in [-0.25, -0.2) is 13.1 Å². The van der Waals surface area contributed by atoms with E-state index >= 15 is 0 Å². The molecule has 8 heteroatoms. The van der Waals surface area contributed by atoms with E-state index in [2.05, 4.69) is 31.0 Å². The first-order chi connectivity index (χ1) is 6.64. The fourth-order valence-electron chi connectivity index (χ4n) is 0.859. The second-order valence-corrected chi connectivity index (χ2v) is 5.75. The lowest BCUT2D eigenvalue weighted by Gasteiger charge is -2.03. The van der Waals surface area contributed by atoms with Gasteiger partial charge in [0.2, 0.25) is 10.0 Å². The van der Waals surface area contributed by atoms with Crippen molar-refractivity contribution >= 4 is 26.0 Å². The van der Waals surface area contributed by atoms with Gasteiger partial charge in [-0.3, -0.25) is 4.68 Å². The number of nitrogens with zero attached hydrogens (tertiary/aromatic N) is 3. The minimum absolute atomic E-state index is 0.0661. The summed E-state index contributed by atoms with van der Waals surface area (Å²) in [6, 6.07) is 0. The van der Waals surface area contributed by atoms with Gasteiger partial charge in [0.25, 0.3) is 0 Å². The van der Waals surface area contributed by atoms with E-state index in [1.165, 1.54) is 0 Å². The summed E-state index contributed by atoms with van der Waals surface area (Å²) in [5, 5.41) is 7.38. The van der Waals surface area contributed by atoms with Gasteiger partial charge in [-0.05, 0) is 6.42 Å². The second kappa shape index (κ2) is 5.42. The van der Waals surface area contributed by atoms with E-state index in [1.54, 1.807) is 17.1 Å². The fraction of sp³-hybridized carbons (Fsp3) is 0.667. The van der Waals surface area contributed by atoms with Gasteiger partial charge < -0.3 is 0 Å². The molecule has 0 fully saturated rings. The highest BCUT2D eigenvalue weighted by Crippen LogP contribution is 1.92. The molecular weight excluding hydrogens is 272 g/mol. The Balaban J connectivity index is 2.17. The van der Waals surface area contributed by atoms with Crippen molar-refractivity contribution in [3.05, 3.63) is 12.4 Å². The van der Waals surface area contributed by atoms with Crippen LogP contribution in [0.25, 0.3) is 0 Å². The Morgan fingerprint density at radius 1 is 1.50 bits per heavy atom. The zero-order chi connectivity index (χ0) is 10.4. The van der Waals surface area contributed by atoms with Crippen LogP contribution in [0.1, 0.15) is 6.42 Å². The van der Waals surface area contributed by atoms with E-state index in [-0.39, 0.29) is 4.66 Å². The van der Waals surface area contributed by atoms with Crippen LogP contribution < -0.4 is 4.72 Å². The average Bonchev–Trinajstić information content (AvgIpc) is 2.65. The zero-order valence-corrected chi connectivity index (χ0v) is 9.83. The molecule has 1 N–H and O–H groups in total. The Hall–Kier alpha value is -0.470. The van der Waals surface area contributed by atoms with Crippen LogP contribution in [0.4, 0.5) is 0 Å². The number of hydrogen-bond acceptors (Lipinski definition) is 4. The zero-order valence-electron chi connectivity index (χ0n) is 7.43. The molecule has 0 aromatic carbocycles. The first-order valence-corrected chi connectivity index (χ1v) is 6.79. The minimum Gasteiger partial charge on any atom is -0.253 e. The topological polar surface area (TPSA) is 76.9 Å². The molecule has 14 heavy (non-hydrogen) atoms. The Morgan fingerprint density at radius 3 is 2.86 bits per heavy atom. The summed E-state index contributed by atoms with van der Waals surface area (Å²) in [7, 11) is -3.14. The third-order valence-electron chi connectivity index (χ3n) is 1.50. The van der Waals surface area contributed by atoms with Crippen LogP contribution in [-0.4, -0.2) is 34.6 Å². The molecule has 80 valence electrons. The van der Waals surface area contributed by atoms with Crippen LogP contribution in [0, 0.1) is 0 Å². The number of hydrogen-bond donors (Lipinski definition) is 1. The number of aryl methyl sites for hydroxylation is 1. The van der Waals surface area contributed by atoms with Crippen molar-refractivity contribution in [3.63, 3.8) is 0 Å². The fourth-order valence-corrected chi connectivity index (χ4v) is 1.88. The number of aromatic nitrogens is 3. The van der Waals surface area contributed by atoms with Crippen molar-refractivity contribution in [2.24, 2.45) is 0 Å². The first kappa shape index (κ1) is 11.6. The summed E-state index contributed by atoms with van der Waals surface area (Å²) in [6.45, 7) is 1.07. The van der Waals surface area contributed by atoms with E-state index in [0.29, 0.717) is 19.5 Å². The van der Waals surface area contributed by atoms with Gasteiger partial charge in [0.05, 0.1) is 6.20 Å². The SMILES string of the molecule is O=S(=O)(CBr)NCCCn1ccnn1. The second-order valence-electron chi connectivity index (χ2n) is 2.64. The first-order valence-electron chi connectivity index (χ1n) is 4.01. The van der Waals surface area contributed by atoms with Crippen LogP contribution in [0.3, 0.4) is 0 Å². The van der Waals surface area contributed by atoms with E-state index in [1.807, 2.05) is 0 Å². The lowest BCUT2D eigenvalue weighted by molar-refractivity contribution is 0.544. The maximum atomic E-state index is 11.0. The summed E-state index contributed by atoms with van der Waals surface area (Å²) >= 11 is 2.88. The standard InChI is InChI=1S/C6H11BrN4O2S/c7-6-14(12,13)9-2-1-4-11-5-3-8-10-11/h3,5,9H,1-2,4,6H2. The van der Waals surface area contributed by atoms with E-state index in [4.69, 9.17) is 0 Å². The molecule has 0 radical (unpaired) electrons. The molecule has 1 aromatic heterocycles. The van der Waals surface area contributed by atoms with Crippen molar-refractivity contribution in [2.45, 2.75) is 13.0 Å². The number of alkyl halides is 1. The number of sulfonamides is 1. The maximum absolute atomic E-state index is 11.0. The normalized spacial score (nSPS) is 11.8. The minimum atomic E-state index is -3.14. The molecule has 0 aliphatic carbocycles. The molecule has 0 bridgehead atoms. The molecule has 0 amide bonds. The third kappa shape index (κ3) is 4.16. The molecule has 6 nitrogen and oxygen atoms in total. The lowest BCUT2D eigenvalue weighted by Crippen LogP contribution is -2.26. The van der Waals surface area contributed by atoms with Crippen LogP contribution in [-0.2, 0) is 16.6 Å². The molecule has 0 atom stereocenters. The highest BCUT2D eigenvalue weighted by molar-refractivity contribution is 9.10. The molecule has 0 unspecified atom stereocenters. The monoisotopic (exact) mass is 282 g/mol. The molecule has 0 saturated carbocycles. The average molecular weight is 283 g/mol. The van der Waals surface area contributed by atoms with Crippen LogP contribution in [0.2, 0.25) is 0 Å². The highest BCUT2D eigenvalue weighted by Gasteiger charge is 2.05. The molecule has 1 heterocycles. The van der Waals surface area contributed by atoms with Crippen LogP contribution >= 0.6 is 15.9 Å². The van der Waals surface area contributed by atoms with Gasteiger partial charge in [-0.15, -0.1) is 5.10 Å². The number of nitrogens with one attached hydrogen (secondary N) is 1. The third-order valence-corrected chi connectivity index (χ3v) is 4.24. The van der Waals surface area contributed by atoms with Gasteiger partial charge in [0.1, 0.15) is 4.66 Å². The Labute approximate surface area is 90.9 Å². The largest absolute Gasteiger partial charge is 0.253 e. The molecule has 0 aliphatic rings. The summed E-state index contributed by atoms with van der Waals surface area (Å²) in [4.78, 5) is 0. The van der Waals surface area contributed by atoms with Gasteiger partial charge in [0, 0.05) is 19.3 Å². The van der Waals surface area contributed by atoms with Gasteiger partial charge in [-0.1, -0.05) is 21.1 Å². The Morgan fingerprint density at radius 2 is 2.29 bits per heavy atom. The van der Waals surface area contributed by atoms with Crippen molar-refractivity contribution in [1.29, 1.82) is 0 Å². The summed E-state index contributed by atoms with van der Waals surface area (Å²) in [6.07, 6.45) is 4.01. The van der Waals surface area contributed by atoms with Gasteiger partial charge in [0.15, 0.2) is 0 Å². The maximum Gasteiger partial charge on any atom is 0.221 e. The summed E-state index contributed by atoms with van der Waals surface area (Å²) < 4.78 is 26.0. The number of halogens is 1. The quantitative estimate of drug-likeness (QED) is 0.586.